The Kier molecular flexibility index (Phi) is 7.09. The lowest BCUT2D eigenvalue weighted by Crippen LogP contribution is -2.40. The number of carbonyl (C=O) groups is 1. The van der Waals surface area contributed by atoms with Crippen LogP contribution in [0.3, 0.4) is 0 Å². The molecule has 0 heterocycles. The van der Waals surface area contributed by atoms with Crippen molar-refractivity contribution in [2.45, 2.75) is 37.0 Å². The van der Waals surface area contributed by atoms with Gasteiger partial charge in [-0.25, -0.2) is 13.6 Å². The quantitative estimate of drug-likeness (QED) is 0.677. The summed E-state index contributed by atoms with van der Waals surface area (Å²) in [6, 6.07) is 11.5. The van der Waals surface area contributed by atoms with Crippen LogP contribution in [-0.4, -0.2) is 28.0 Å². The Hall–Kier alpha value is -2.09. The lowest BCUT2D eigenvalue weighted by Gasteiger charge is -2.33. The highest BCUT2D eigenvalue weighted by Crippen LogP contribution is 2.32. The van der Waals surface area contributed by atoms with Crippen LogP contribution in [0.2, 0.25) is 5.02 Å². The van der Waals surface area contributed by atoms with Gasteiger partial charge in [0.2, 0.25) is 10.0 Å². The molecule has 0 unspecified atom stereocenters. The van der Waals surface area contributed by atoms with Gasteiger partial charge in [-0.3, -0.25) is 4.79 Å². The summed E-state index contributed by atoms with van der Waals surface area (Å²) in [4.78, 5) is 12.7. The third kappa shape index (κ3) is 4.84. The van der Waals surface area contributed by atoms with Crippen LogP contribution in [0, 0.1) is 0 Å². The lowest BCUT2D eigenvalue weighted by molar-refractivity contribution is 0.0938. The summed E-state index contributed by atoms with van der Waals surface area (Å²) in [5, 5.41) is 8.75. The highest BCUT2D eigenvalue weighted by Gasteiger charge is 2.29. The van der Waals surface area contributed by atoms with Crippen molar-refractivity contribution in [2.24, 2.45) is 5.14 Å². The molecule has 2 aromatic rings. The van der Waals surface area contributed by atoms with Crippen molar-refractivity contribution in [1.29, 1.82) is 0 Å². The van der Waals surface area contributed by atoms with E-state index < -0.39 is 15.9 Å². The van der Waals surface area contributed by atoms with Crippen LogP contribution in [0.25, 0.3) is 0 Å². The standard InChI is InChI=1S/C20H25ClN2O4S/c1-4-20(5-2,14-6-8-15(21)9-7-14)13-23-19(24)17-12-16(28(22,25)26)10-11-18(17)27-3/h6-12H,4-5,13H2,1-3H3,(H,23,24)(H2,22,25,26). The van der Waals surface area contributed by atoms with E-state index >= 15 is 0 Å². The number of hydrogen-bond donors (Lipinski definition) is 2. The fourth-order valence-corrected chi connectivity index (χ4v) is 3.87. The Bertz CT molecular complexity index is 939. The van der Waals surface area contributed by atoms with Gasteiger partial charge in [0, 0.05) is 17.0 Å². The van der Waals surface area contributed by atoms with Crippen molar-refractivity contribution >= 4 is 27.5 Å². The molecule has 152 valence electrons. The molecule has 8 heteroatoms. The van der Waals surface area contributed by atoms with Gasteiger partial charge in [0.15, 0.2) is 0 Å². The summed E-state index contributed by atoms with van der Waals surface area (Å²) in [6.07, 6.45) is 1.61. The summed E-state index contributed by atoms with van der Waals surface area (Å²) >= 11 is 6.00. The van der Waals surface area contributed by atoms with Gasteiger partial charge in [-0.15, -0.1) is 0 Å². The minimum Gasteiger partial charge on any atom is -0.496 e. The van der Waals surface area contributed by atoms with Crippen LogP contribution in [0.4, 0.5) is 0 Å². The number of nitrogens with two attached hydrogens (primary N) is 1. The van der Waals surface area contributed by atoms with E-state index in [0.29, 0.717) is 11.6 Å². The number of benzene rings is 2. The number of halogens is 1. The molecule has 0 fully saturated rings. The van der Waals surface area contributed by atoms with Crippen LogP contribution in [-0.2, 0) is 15.4 Å². The highest BCUT2D eigenvalue weighted by atomic mass is 35.5. The van der Waals surface area contributed by atoms with Crippen LogP contribution in [0.1, 0.15) is 42.6 Å². The first kappa shape index (κ1) is 22.2. The van der Waals surface area contributed by atoms with E-state index in [2.05, 4.69) is 19.2 Å². The number of hydrogen-bond acceptors (Lipinski definition) is 4. The van der Waals surface area contributed by atoms with Gasteiger partial charge in [0.05, 0.1) is 17.6 Å². The molecule has 1 amide bonds. The minimum atomic E-state index is -3.93. The molecule has 0 aliphatic heterocycles. The SMILES string of the molecule is CCC(CC)(CNC(=O)c1cc(S(N)(=O)=O)ccc1OC)c1ccc(Cl)cc1. The van der Waals surface area contributed by atoms with E-state index in [1.807, 2.05) is 24.3 Å². The molecule has 0 spiro atoms. The summed E-state index contributed by atoms with van der Waals surface area (Å²) in [5.41, 5.74) is 0.920. The number of nitrogens with one attached hydrogen (secondary N) is 1. The van der Waals surface area contributed by atoms with Gasteiger partial charge < -0.3 is 10.1 Å². The molecule has 2 aromatic carbocycles. The number of primary sulfonamides is 1. The van der Waals surface area contributed by atoms with Crippen molar-refractivity contribution in [1.82, 2.24) is 5.32 Å². The van der Waals surface area contributed by atoms with Crippen LogP contribution in [0.5, 0.6) is 5.75 Å². The first-order valence-corrected chi connectivity index (χ1v) is 10.8. The van der Waals surface area contributed by atoms with Crippen molar-refractivity contribution in [3.8, 4) is 5.75 Å². The molecule has 0 saturated heterocycles. The predicted octanol–water partition coefficient (Wildman–Crippen LogP) is 3.48. The molecular weight excluding hydrogens is 400 g/mol. The molecule has 0 aliphatic carbocycles. The molecule has 0 bridgehead atoms. The van der Waals surface area contributed by atoms with Crippen molar-refractivity contribution in [3.05, 3.63) is 58.6 Å². The molecule has 6 nitrogen and oxygen atoms in total. The molecule has 0 aromatic heterocycles. The Morgan fingerprint density at radius 1 is 1.14 bits per heavy atom. The van der Waals surface area contributed by atoms with Crippen molar-refractivity contribution in [3.63, 3.8) is 0 Å². The second-order valence-electron chi connectivity index (χ2n) is 6.58. The van der Waals surface area contributed by atoms with E-state index in [1.54, 1.807) is 0 Å². The molecule has 0 saturated carbocycles. The molecule has 2 rings (SSSR count). The molecule has 0 radical (unpaired) electrons. The zero-order chi connectivity index (χ0) is 20.9. The Morgan fingerprint density at radius 3 is 2.25 bits per heavy atom. The number of methoxy groups -OCH3 is 1. The number of carbonyl (C=O) groups excluding carboxylic acids is 1. The zero-order valence-electron chi connectivity index (χ0n) is 16.2. The Balaban J connectivity index is 2.31. The largest absolute Gasteiger partial charge is 0.496 e. The van der Waals surface area contributed by atoms with Crippen LogP contribution < -0.4 is 15.2 Å². The Morgan fingerprint density at radius 2 is 1.75 bits per heavy atom. The van der Waals surface area contributed by atoms with Crippen LogP contribution in [0.15, 0.2) is 47.4 Å². The molecule has 0 aliphatic rings. The van der Waals surface area contributed by atoms with Gasteiger partial charge in [-0.2, -0.15) is 0 Å². The number of sulfonamides is 1. The van der Waals surface area contributed by atoms with Crippen molar-refractivity contribution < 1.29 is 17.9 Å². The van der Waals surface area contributed by atoms with Gasteiger partial charge >= 0.3 is 0 Å². The van der Waals surface area contributed by atoms with Crippen LogP contribution >= 0.6 is 11.6 Å². The monoisotopic (exact) mass is 424 g/mol. The number of rotatable bonds is 8. The average Bonchev–Trinajstić information content (AvgIpc) is 2.68. The maximum atomic E-state index is 12.8. The topological polar surface area (TPSA) is 98.5 Å². The van der Waals surface area contributed by atoms with E-state index in [4.69, 9.17) is 21.5 Å². The summed E-state index contributed by atoms with van der Waals surface area (Å²) in [6.45, 7) is 4.50. The van der Waals surface area contributed by atoms with Gasteiger partial charge in [0.25, 0.3) is 5.91 Å². The zero-order valence-corrected chi connectivity index (χ0v) is 17.7. The molecule has 0 atom stereocenters. The van der Waals surface area contributed by atoms with Gasteiger partial charge in [-0.1, -0.05) is 37.6 Å². The predicted molar refractivity (Wildman–Crippen MR) is 110 cm³/mol. The molecule has 28 heavy (non-hydrogen) atoms. The highest BCUT2D eigenvalue weighted by molar-refractivity contribution is 7.89. The summed E-state index contributed by atoms with van der Waals surface area (Å²) in [5.74, 6) is -0.155. The van der Waals surface area contributed by atoms with E-state index in [0.717, 1.165) is 18.4 Å². The fourth-order valence-electron chi connectivity index (χ4n) is 3.20. The van der Waals surface area contributed by atoms with Gasteiger partial charge in [0.1, 0.15) is 5.75 Å². The maximum absolute atomic E-state index is 12.8. The smallest absolute Gasteiger partial charge is 0.255 e. The van der Waals surface area contributed by atoms with Gasteiger partial charge in [-0.05, 0) is 48.7 Å². The third-order valence-corrected chi connectivity index (χ3v) is 6.30. The van der Waals surface area contributed by atoms with E-state index in [1.165, 1.54) is 25.3 Å². The fraction of sp³-hybridized carbons (Fsp3) is 0.350. The van der Waals surface area contributed by atoms with E-state index in [9.17, 15) is 13.2 Å². The van der Waals surface area contributed by atoms with Crippen molar-refractivity contribution in [2.75, 3.05) is 13.7 Å². The first-order valence-electron chi connectivity index (χ1n) is 8.92. The third-order valence-electron chi connectivity index (χ3n) is 5.14. The summed E-state index contributed by atoms with van der Waals surface area (Å²) < 4.78 is 28.5. The second-order valence-corrected chi connectivity index (χ2v) is 8.58. The van der Waals surface area contributed by atoms with E-state index in [-0.39, 0.29) is 21.6 Å². The normalized spacial score (nSPS) is 11.9. The number of amides is 1. The minimum absolute atomic E-state index is 0.117. The molecule has 3 N–H and O–H groups in total. The maximum Gasteiger partial charge on any atom is 0.255 e. The first-order chi connectivity index (χ1) is 13.2. The second kappa shape index (κ2) is 8.94. The average molecular weight is 425 g/mol. The summed E-state index contributed by atoms with van der Waals surface area (Å²) in [7, 11) is -2.52. The number of ether oxygens (including phenoxy) is 1. The molecular formula is C20H25ClN2O4S. The Labute approximate surface area is 171 Å². The lowest BCUT2D eigenvalue weighted by atomic mass is 9.75.